The maximum absolute atomic E-state index is 13.8. The van der Waals surface area contributed by atoms with Crippen molar-refractivity contribution in [2.24, 2.45) is 29.2 Å². The van der Waals surface area contributed by atoms with E-state index < -0.39 is 60.0 Å². The third kappa shape index (κ3) is 9.52. The van der Waals surface area contributed by atoms with Gasteiger partial charge in [0.1, 0.15) is 12.2 Å². The molecule has 260 valence electrons. The van der Waals surface area contributed by atoms with E-state index in [0.29, 0.717) is 43.5 Å². The molecule has 2 aliphatic carbocycles. The molecule has 1 unspecified atom stereocenters. The summed E-state index contributed by atoms with van der Waals surface area (Å²) in [6, 6.07) is 0. The van der Waals surface area contributed by atoms with E-state index in [1.54, 1.807) is 20.1 Å². The van der Waals surface area contributed by atoms with Crippen molar-refractivity contribution in [1.82, 2.24) is 15.5 Å². The minimum atomic E-state index is -0.996. The lowest BCUT2D eigenvalue weighted by Gasteiger charge is -2.46. The van der Waals surface area contributed by atoms with Gasteiger partial charge in [-0.25, -0.2) is 9.59 Å². The Labute approximate surface area is 275 Å². The molecule has 2 aliphatic heterocycles. The number of hydrogen-bond acceptors (Lipinski definition) is 11. The molecule has 1 fully saturated rings. The fourth-order valence-corrected chi connectivity index (χ4v) is 6.41. The molecule has 6 N–H and O–H groups in total. The maximum atomic E-state index is 13.8. The van der Waals surface area contributed by atoms with Crippen LogP contribution in [0.3, 0.4) is 0 Å². The van der Waals surface area contributed by atoms with Crippen LogP contribution in [-0.2, 0) is 33.3 Å². The summed E-state index contributed by atoms with van der Waals surface area (Å²) in [5.41, 5.74) is 12.2. The average molecular weight is 660 g/mol. The number of ketones is 2. The number of carbonyl (C=O) groups is 5. The Morgan fingerprint density at radius 2 is 1.72 bits per heavy atom. The van der Waals surface area contributed by atoms with Gasteiger partial charge in [0, 0.05) is 56.4 Å². The molecule has 0 aromatic carbocycles. The number of amides is 3. The topological polar surface area (TPSA) is 202 Å². The number of nitrogens with two attached hydrogens (primary N) is 2. The second-order valence-corrected chi connectivity index (χ2v) is 12.7. The Hall–Kier alpha value is -4.01. The predicted octanol–water partition coefficient (Wildman–Crippen LogP) is 1.85. The van der Waals surface area contributed by atoms with Crippen LogP contribution in [0.1, 0.15) is 46.5 Å². The van der Waals surface area contributed by atoms with Crippen LogP contribution in [0.5, 0.6) is 0 Å². The molecule has 0 radical (unpaired) electrons. The van der Waals surface area contributed by atoms with Crippen LogP contribution in [0.25, 0.3) is 0 Å². The first-order valence-corrected chi connectivity index (χ1v) is 15.8. The van der Waals surface area contributed by atoms with Gasteiger partial charge in [-0.2, -0.15) is 0 Å². The van der Waals surface area contributed by atoms with E-state index in [-0.39, 0.29) is 35.2 Å². The van der Waals surface area contributed by atoms with Crippen LogP contribution in [0.2, 0.25) is 0 Å². The van der Waals surface area contributed by atoms with Gasteiger partial charge in [-0.15, -0.1) is 0 Å². The summed E-state index contributed by atoms with van der Waals surface area (Å²) >= 11 is 0. The van der Waals surface area contributed by atoms with Gasteiger partial charge in [0.25, 0.3) is 5.91 Å². The zero-order chi connectivity index (χ0) is 35.0. The molecule has 0 aromatic heterocycles. The third-order valence-electron chi connectivity index (χ3n) is 8.77. The monoisotopic (exact) mass is 659 g/mol. The minimum absolute atomic E-state index is 0.111. The Balaban J connectivity index is 2.08. The number of nitrogens with zero attached hydrogens (tertiary/aromatic N) is 1. The lowest BCUT2D eigenvalue weighted by atomic mass is 9.69. The molecule has 0 saturated heterocycles. The smallest absolute Gasteiger partial charge is 0.405 e. The van der Waals surface area contributed by atoms with Gasteiger partial charge in [-0.1, -0.05) is 26.0 Å². The van der Waals surface area contributed by atoms with Crippen molar-refractivity contribution in [2.75, 3.05) is 41.4 Å². The van der Waals surface area contributed by atoms with Gasteiger partial charge in [0.05, 0.1) is 23.6 Å². The molecule has 7 atom stereocenters. The molecule has 4 rings (SSSR count). The zero-order valence-electron chi connectivity index (χ0n) is 28.3. The second kappa shape index (κ2) is 16.7. The standard InChI is InChI=1S/C33H49N5O9/c1-17-13-21-26(36-11-12-38(4)5)24(39)16-23(27(21)40)37-31(41)18(2)9-8-10-20-29(45-7)22(30(20)47-33(35)43)15-19(3)28(46-32(34)42)25(14-17)44-6/h9,15-17,19-20,25,28-30,36H,8,10-14H2,1-7H3,(H2,34,42)(H2,35,43)(H,37,41)/b18-9+,22-15+/t17-,19+,20-,25+,28-,29?,30-/m1/s1. The van der Waals surface area contributed by atoms with Crippen LogP contribution in [0, 0.1) is 17.8 Å². The fourth-order valence-electron chi connectivity index (χ4n) is 6.41. The Kier molecular flexibility index (Phi) is 13.3. The van der Waals surface area contributed by atoms with Crippen molar-refractivity contribution >= 4 is 29.7 Å². The summed E-state index contributed by atoms with van der Waals surface area (Å²) in [5, 5.41) is 5.76. The van der Waals surface area contributed by atoms with Crippen molar-refractivity contribution in [1.29, 1.82) is 0 Å². The van der Waals surface area contributed by atoms with E-state index in [1.807, 2.05) is 38.9 Å². The van der Waals surface area contributed by atoms with E-state index in [9.17, 15) is 24.0 Å². The highest BCUT2D eigenvalue weighted by molar-refractivity contribution is 6.23. The van der Waals surface area contributed by atoms with Crippen molar-refractivity contribution in [3.8, 4) is 0 Å². The van der Waals surface area contributed by atoms with E-state index in [1.165, 1.54) is 7.11 Å². The van der Waals surface area contributed by atoms with E-state index in [2.05, 4.69) is 10.6 Å². The SMILES string of the molecule is COC1/C2=C\[C@H](C)[C@@H](OC(N)=O)[C@@H](OC)C[C@H](C)CC3=C(NCCN(C)C)C(=O)C=C(NC(=O)/C(C)=C/CC[C@H]1[C@H]2OC(N)=O)C3=O. The number of rotatable bonds is 8. The summed E-state index contributed by atoms with van der Waals surface area (Å²) in [7, 11) is 6.82. The summed E-state index contributed by atoms with van der Waals surface area (Å²) in [4.78, 5) is 66.2. The van der Waals surface area contributed by atoms with Crippen LogP contribution in [-0.4, -0.2) is 100 Å². The van der Waals surface area contributed by atoms with Crippen LogP contribution < -0.4 is 22.1 Å². The number of ether oxygens (including phenoxy) is 4. The molecule has 14 nitrogen and oxygen atoms in total. The minimum Gasteiger partial charge on any atom is -0.443 e. The first kappa shape index (κ1) is 37.4. The van der Waals surface area contributed by atoms with Crippen molar-refractivity contribution in [3.05, 3.63) is 46.3 Å². The van der Waals surface area contributed by atoms with Gasteiger partial charge >= 0.3 is 12.2 Å². The first-order valence-electron chi connectivity index (χ1n) is 15.8. The zero-order valence-corrected chi connectivity index (χ0v) is 28.3. The lowest BCUT2D eigenvalue weighted by molar-refractivity contribution is -0.120. The number of primary amides is 2. The number of nitrogens with one attached hydrogen (secondary N) is 2. The molecule has 4 bridgehead atoms. The highest BCUT2D eigenvalue weighted by Crippen LogP contribution is 2.43. The Morgan fingerprint density at radius 3 is 2.32 bits per heavy atom. The molecule has 1 saturated carbocycles. The molecule has 4 aliphatic rings. The normalized spacial score (nSPS) is 31.4. The third-order valence-corrected chi connectivity index (χ3v) is 8.77. The molecule has 0 spiro atoms. The van der Waals surface area contributed by atoms with E-state index in [4.69, 9.17) is 30.4 Å². The number of Topliss-reactive ketones (excluding diaryl/α,β-unsaturated/α-hetero) is 1. The first-order chi connectivity index (χ1) is 22.2. The van der Waals surface area contributed by atoms with Gasteiger partial charge in [0.2, 0.25) is 11.6 Å². The van der Waals surface area contributed by atoms with E-state index in [0.717, 1.165) is 6.08 Å². The van der Waals surface area contributed by atoms with Gasteiger partial charge in [-0.05, 0) is 58.2 Å². The lowest BCUT2D eigenvalue weighted by Crippen LogP contribution is -2.53. The van der Waals surface area contributed by atoms with E-state index >= 15 is 0 Å². The molecule has 2 heterocycles. The summed E-state index contributed by atoms with van der Waals surface area (Å²) in [6.45, 7) is 6.36. The molecular formula is C33H49N5O9. The molecule has 47 heavy (non-hydrogen) atoms. The quantitative estimate of drug-likeness (QED) is 0.219. The maximum Gasteiger partial charge on any atom is 0.405 e. The fraction of sp³-hybridized carbons (Fsp3) is 0.606. The van der Waals surface area contributed by atoms with Crippen molar-refractivity contribution < 1.29 is 42.9 Å². The predicted molar refractivity (Wildman–Crippen MR) is 172 cm³/mol. The largest absolute Gasteiger partial charge is 0.443 e. The van der Waals surface area contributed by atoms with Crippen LogP contribution in [0.15, 0.2) is 46.3 Å². The molecule has 14 heteroatoms. The van der Waals surface area contributed by atoms with Gasteiger partial charge < -0.3 is 45.9 Å². The Morgan fingerprint density at radius 1 is 1.04 bits per heavy atom. The molecular weight excluding hydrogens is 610 g/mol. The van der Waals surface area contributed by atoms with Gasteiger partial charge in [0.15, 0.2) is 0 Å². The number of carbonyl (C=O) groups excluding carboxylic acids is 5. The molecule has 3 amide bonds. The number of likely N-dealkylation sites (N-methyl/N-ethyl adjacent to an activating group) is 1. The summed E-state index contributed by atoms with van der Waals surface area (Å²) in [6.07, 6.45) is 1.42. The highest BCUT2D eigenvalue weighted by Gasteiger charge is 2.49. The Bertz CT molecular complexity index is 1350. The van der Waals surface area contributed by atoms with Crippen LogP contribution in [0.4, 0.5) is 9.59 Å². The summed E-state index contributed by atoms with van der Waals surface area (Å²) in [5.74, 6) is -2.42. The van der Waals surface area contributed by atoms with Crippen molar-refractivity contribution in [3.63, 3.8) is 0 Å². The van der Waals surface area contributed by atoms with Crippen LogP contribution >= 0.6 is 0 Å². The number of hydrogen-bond donors (Lipinski definition) is 4. The second-order valence-electron chi connectivity index (χ2n) is 12.7. The summed E-state index contributed by atoms with van der Waals surface area (Å²) < 4.78 is 22.7. The number of methoxy groups -OCH3 is 2. The molecule has 0 aromatic rings. The average Bonchev–Trinajstić information content (AvgIpc) is 2.99. The number of fused-ring (bicyclic) bond motifs is 10. The number of allylic oxidation sites excluding steroid dienone is 3. The van der Waals surface area contributed by atoms with Crippen molar-refractivity contribution in [2.45, 2.75) is 70.9 Å². The van der Waals surface area contributed by atoms with Gasteiger partial charge in [-0.3, -0.25) is 14.4 Å². The highest BCUT2D eigenvalue weighted by atomic mass is 16.6.